The van der Waals surface area contributed by atoms with Gasteiger partial charge in [0.15, 0.2) is 29.9 Å². The van der Waals surface area contributed by atoms with E-state index in [0.717, 1.165) is 66.7 Å². The number of aliphatic carboxylic acids is 1. The van der Waals surface area contributed by atoms with Crippen LogP contribution in [0.25, 0.3) is 11.1 Å². The number of hydrogen-bond donors (Lipinski definition) is 19. The zero-order valence-electron chi connectivity index (χ0n) is 55.2. The molecule has 558 valence electrons. The van der Waals surface area contributed by atoms with Crippen LogP contribution in [-0.2, 0) is 52.6 Å². The summed E-state index contributed by atoms with van der Waals surface area (Å²) in [5, 5.41) is 131. The molecule has 103 heavy (non-hydrogen) atoms. The van der Waals surface area contributed by atoms with Crippen LogP contribution in [-0.4, -0.2) is 196 Å². The number of carbonyl (C=O) groups is 8. The van der Waals surface area contributed by atoms with Gasteiger partial charge in [-0.3, -0.25) is 33.6 Å². The number of nitrogens with two attached hydrogens (primary N) is 2. The summed E-state index contributed by atoms with van der Waals surface area (Å²) in [6.07, 6.45) is -18.6. The Hall–Kier alpha value is -8.95. The fraction of sp³-hybridized carbons (Fsp3) is 0.424. The van der Waals surface area contributed by atoms with Gasteiger partial charge in [0.1, 0.15) is 89.5 Å². The van der Waals surface area contributed by atoms with E-state index in [4.69, 9.17) is 63.1 Å². The molecule has 7 heterocycles. The van der Waals surface area contributed by atoms with Crippen LogP contribution in [0.2, 0.25) is 10.0 Å². The summed E-state index contributed by atoms with van der Waals surface area (Å²) in [6, 6.07) is -0.679. The van der Waals surface area contributed by atoms with Gasteiger partial charge < -0.3 is 134 Å². The number of phenolic OH excluding ortho intramolecular Hbond substituents is 3. The molecule has 5 aromatic carbocycles. The van der Waals surface area contributed by atoms with Crippen LogP contribution >= 0.6 is 35.6 Å². The van der Waals surface area contributed by atoms with Crippen molar-refractivity contribution in [3.05, 3.63) is 117 Å². The van der Waals surface area contributed by atoms with Crippen molar-refractivity contribution in [1.29, 1.82) is 0 Å². The number of primary amides is 1. The smallest absolute Gasteiger partial charge is 0.330 e. The highest BCUT2D eigenvalue weighted by molar-refractivity contribution is 6.32. The lowest BCUT2D eigenvalue weighted by Gasteiger charge is -2.47. The molecule has 2 saturated heterocycles. The number of carbonyl (C=O) groups excluding carboxylic acids is 7. The fourth-order valence-electron chi connectivity index (χ4n) is 12.5. The van der Waals surface area contributed by atoms with Crippen molar-refractivity contribution >= 4 is 82.9 Å². The lowest BCUT2D eigenvalue weighted by molar-refractivity contribution is -0.333. The van der Waals surface area contributed by atoms with E-state index >= 15 is 14.4 Å². The number of hydrogen-bond acceptors (Lipinski definition) is 25. The second-order valence-corrected chi connectivity index (χ2v) is 26.5. The maximum Gasteiger partial charge on any atom is 0.330 e. The van der Waals surface area contributed by atoms with Gasteiger partial charge in [-0.2, -0.15) is 0 Å². The summed E-state index contributed by atoms with van der Waals surface area (Å²) in [5.74, 6) is -16.0. The van der Waals surface area contributed by atoms with Gasteiger partial charge in [-0.15, -0.1) is 12.4 Å². The molecule has 7 aliphatic rings. The largest absolute Gasteiger partial charge is 0.508 e. The normalized spacial score (nSPS) is 28.9. The van der Waals surface area contributed by atoms with Crippen LogP contribution in [0.1, 0.15) is 105 Å². The highest BCUT2D eigenvalue weighted by Gasteiger charge is 2.51. The standard InChI is InChI=1S/C66H75Cl2N9O24.ClH.H2O/c1-23(2)12-34(71-5)58(88)76-49-51(83)26-7-10-38(32(67)14-26)97-40-16-28-17-41(55(40)101-65-56(54(86)53(85)42(22-78)99-65)100-44-21-66(4,70)57(87)24(3)96-44)98-39-11-8-27(15-33(39)68)52(84)50-63(93)75-48(64(94)95)31-18-29(79)19-37(81)45(31)30-13-25(6-9-36(30)80)46(60(90)77-50)74-61(91)47(28)73-59(89)35(20-43(69)82)72-62(49)92;;/h6-11,13-19,23-24,34-35,42,44,46-54,56-57,65,71,78-81,83-87H,12,20-22,70H2,1-5H3,(H2,69,82)(H,72,92)(H,73,89)(H,74,91)(H,75,93)(H,76,88)(H,77,90)(H,94,95);1H;1H2/t24-,34+,35-,42+,44-,46+,47+,48-,49+,50-,51+,52+,53+,54-,56+,57+,65-,66?;;/m0../s1. The maximum absolute atomic E-state index is 16.0. The number of rotatable bonds is 13. The third-order valence-corrected chi connectivity index (χ3v) is 18.4. The Morgan fingerprint density at radius 1 is 0.718 bits per heavy atom. The Kier molecular flexibility index (Phi) is 25.1. The molecule has 23 N–H and O–H groups in total. The highest BCUT2D eigenvalue weighted by Crippen LogP contribution is 2.50. The molecule has 0 aliphatic carbocycles. The number of aromatic hydroxyl groups is 3. The first-order valence-corrected chi connectivity index (χ1v) is 32.4. The van der Waals surface area contributed by atoms with Gasteiger partial charge in [-0.25, -0.2) is 4.79 Å². The number of carboxylic acid groups (broad SMARTS) is 1. The molecule has 0 aromatic heterocycles. The first-order valence-electron chi connectivity index (χ1n) is 31.6. The SMILES string of the molecule is CN[C@H](CC(C)C)C(=O)N[C@H]1C(=O)N[C@@H](CC(N)=O)C(=O)N[C@H]2C(=O)N[C@H]3C(=O)N[C@H](C(=O)N[C@H](C(=O)O)c4cc(O)cc(O)c4-c4cc3ccc4O)[C@H](O)c3ccc(c(Cl)c3)Oc3cc2cc(c3O[C@@H]2O[C@H](CO)[C@@H](O)[C@H](O)[C@H]2O[C@H]2CC(C)(N)[C@H](O)[C@H](C)O2)Oc2ccc(cc2Cl)[C@H]1O.Cl.O. The van der Waals surface area contributed by atoms with Crippen LogP contribution in [0, 0.1) is 5.92 Å². The Bertz CT molecular complexity index is 4080. The summed E-state index contributed by atoms with van der Waals surface area (Å²) in [4.78, 5) is 117. The first kappa shape index (κ1) is 79.7. The van der Waals surface area contributed by atoms with Crippen molar-refractivity contribution in [3.8, 4) is 57.1 Å². The monoisotopic (exact) mass is 1500 g/mol. The van der Waals surface area contributed by atoms with Crippen molar-refractivity contribution in [2.45, 2.75) is 156 Å². The summed E-state index contributed by atoms with van der Waals surface area (Å²) < 4.78 is 38.3. The van der Waals surface area contributed by atoms with E-state index < -0.39 is 237 Å². The minimum absolute atomic E-state index is 0. The number of nitrogens with one attached hydrogen (secondary N) is 7. The molecule has 2 fully saturated rings. The maximum atomic E-state index is 16.0. The molecule has 34 nitrogen and oxygen atoms in total. The summed E-state index contributed by atoms with van der Waals surface area (Å²) in [5.41, 5.74) is 8.00. The molecule has 1 unspecified atom stereocenters. The number of aliphatic hydroxyl groups excluding tert-OH is 6. The van der Waals surface area contributed by atoms with Gasteiger partial charge in [-0.05, 0) is 110 Å². The van der Waals surface area contributed by atoms with Gasteiger partial charge in [0.05, 0.1) is 41.3 Å². The Morgan fingerprint density at radius 3 is 1.88 bits per heavy atom. The van der Waals surface area contributed by atoms with Crippen LogP contribution in [0.15, 0.2) is 78.9 Å². The van der Waals surface area contributed by atoms with E-state index in [2.05, 4.69) is 37.2 Å². The third-order valence-electron chi connectivity index (χ3n) is 17.8. The second-order valence-electron chi connectivity index (χ2n) is 25.7. The minimum atomic E-state index is -2.35. The summed E-state index contributed by atoms with van der Waals surface area (Å²) in [7, 11) is 1.47. The molecule has 7 amide bonds. The molecule has 5 aromatic rings. The average Bonchev–Trinajstić information content (AvgIpc) is 0.773. The lowest BCUT2D eigenvalue weighted by atomic mass is 9.86. The average molecular weight is 1500 g/mol. The van der Waals surface area contributed by atoms with Gasteiger partial charge in [0, 0.05) is 34.7 Å². The van der Waals surface area contributed by atoms with Crippen LogP contribution in [0.4, 0.5) is 0 Å². The number of benzene rings is 5. The minimum Gasteiger partial charge on any atom is -0.508 e. The molecule has 7 aliphatic heterocycles. The van der Waals surface area contributed by atoms with Crippen molar-refractivity contribution in [2.75, 3.05) is 13.7 Å². The highest BCUT2D eigenvalue weighted by atomic mass is 35.5. The molecule has 11 bridgehead atoms. The van der Waals surface area contributed by atoms with E-state index in [9.17, 15) is 75.0 Å². The zero-order valence-corrected chi connectivity index (χ0v) is 57.6. The van der Waals surface area contributed by atoms with Crippen LogP contribution in [0.5, 0.6) is 46.0 Å². The third kappa shape index (κ3) is 17.0. The molecule has 0 saturated carbocycles. The van der Waals surface area contributed by atoms with Crippen molar-refractivity contribution in [2.24, 2.45) is 17.4 Å². The number of amides is 7. The summed E-state index contributed by atoms with van der Waals surface area (Å²) in [6.45, 7) is 5.66. The number of phenols is 3. The molecular weight excluding hydrogens is 1430 g/mol. The molecule has 0 spiro atoms. The van der Waals surface area contributed by atoms with Gasteiger partial charge >= 0.3 is 5.97 Å². The number of aliphatic hydroxyl groups is 6. The van der Waals surface area contributed by atoms with Gasteiger partial charge in [0.25, 0.3) is 0 Å². The molecule has 18 atom stereocenters. The van der Waals surface area contributed by atoms with E-state index in [1.54, 1.807) is 0 Å². The van der Waals surface area contributed by atoms with E-state index in [1.165, 1.54) is 33.0 Å². The number of fused-ring (bicyclic) bond motifs is 15. The fourth-order valence-corrected chi connectivity index (χ4v) is 12.9. The number of halogens is 3. The molecule has 12 rings (SSSR count). The first-order chi connectivity index (χ1) is 47.7. The molecule has 0 radical (unpaired) electrons. The van der Waals surface area contributed by atoms with Gasteiger partial charge in [0.2, 0.25) is 53.4 Å². The predicted molar refractivity (Wildman–Crippen MR) is 360 cm³/mol. The number of ether oxygens (including phenoxy) is 6. The van der Waals surface area contributed by atoms with Crippen molar-refractivity contribution < 1.29 is 123 Å². The number of carboxylic acids is 1. The van der Waals surface area contributed by atoms with Crippen molar-refractivity contribution in [3.63, 3.8) is 0 Å². The zero-order chi connectivity index (χ0) is 73.5. The predicted octanol–water partition coefficient (Wildman–Crippen LogP) is -0.297. The topological polar surface area (TPSA) is 562 Å². The van der Waals surface area contributed by atoms with Crippen molar-refractivity contribution in [1.82, 2.24) is 37.2 Å². The Labute approximate surface area is 601 Å². The molecular formula is C66H78Cl3N9O25. The quantitative estimate of drug-likeness (QED) is 0.0720. The van der Waals surface area contributed by atoms with E-state index in [1.807, 2.05) is 13.8 Å². The van der Waals surface area contributed by atoms with Gasteiger partial charge in [-0.1, -0.05) is 55.2 Å². The van der Waals surface area contributed by atoms with E-state index in [0.29, 0.717) is 0 Å². The second kappa shape index (κ2) is 32.4. The Balaban J connectivity index is 0.00000672. The van der Waals surface area contributed by atoms with Crippen LogP contribution in [0.3, 0.4) is 0 Å². The Morgan fingerprint density at radius 2 is 1.31 bits per heavy atom. The van der Waals surface area contributed by atoms with E-state index in [-0.39, 0.29) is 64.1 Å². The summed E-state index contributed by atoms with van der Waals surface area (Å²) >= 11 is 14.1. The van der Waals surface area contributed by atoms with Crippen LogP contribution < -0.4 is 62.9 Å². The number of likely N-dealkylation sites (N-methyl/N-ethyl adjacent to an activating group) is 1. The lowest BCUT2D eigenvalue weighted by Crippen LogP contribution is -2.64. The molecule has 37 heteroatoms.